The van der Waals surface area contributed by atoms with Crippen molar-refractivity contribution in [3.63, 3.8) is 0 Å². The molecule has 0 saturated carbocycles. The van der Waals surface area contributed by atoms with Crippen LogP contribution in [0.5, 0.6) is 11.5 Å². The molecule has 0 bridgehead atoms. The summed E-state index contributed by atoms with van der Waals surface area (Å²) in [5.74, 6) is 2.27. The smallest absolute Gasteiger partial charge is 0.127 e. The van der Waals surface area contributed by atoms with Gasteiger partial charge in [0.05, 0.1) is 6.61 Å². The normalized spacial score (nSPS) is 22.7. The molecule has 0 aromatic heterocycles. The van der Waals surface area contributed by atoms with Gasteiger partial charge < -0.3 is 14.6 Å². The first-order valence-electron chi connectivity index (χ1n) is 11.2. The zero-order chi connectivity index (χ0) is 21.5. The number of benzene rings is 2. The summed E-state index contributed by atoms with van der Waals surface area (Å²) in [6.07, 6.45) is 2.23. The molecule has 2 heterocycles. The van der Waals surface area contributed by atoms with E-state index in [1.54, 1.807) is 0 Å². The highest BCUT2D eigenvalue weighted by Gasteiger charge is 2.45. The Labute approximate surface area is 180 Å². The fourth-order valence-electron chi connectivity index (χ4n) is 5.18. The van der Waals surface area contributed by atoms with Gasteiger partial charge in [0.1, 0.15) is 23.7 Å². The van der Waals surface area contributed by atoms with Crippen LogP contribution < -0.4 is 9.47 Å². The molecule has 0 unspecified atom stereocenters. The van der Waals surface area contributed by atoms with Gasteiger partial charge in [-0.25, -0.2) is 0 Å². The molecule has 1 saturated heterocycles. The van der Waals surface area contributed by atoms with Gasteiger partial charge in [-0.2, -0.15) is 0 Å². The molecule has 1 N–H and O–H groups in total. The molecule has 0 amide bonds. The zero-order valence-corrected chi connectivity index (χ0v) is 19.0. The molecule has 0 aliphatic carbocycles. The van der Waals surface area contributed by atoms with Gasteiger partial charge in [-0.1, -0.05) is 30.3 Å². The van der Waals surface area contributed by atoms with E-state index in [1.807, 2.05) is 18.2 Å². The summed E-state index contributed by atoms with van der Waals surface area (Å²) in [7, 11) is 0. The third-order valence-corrected chi connectivity index (χ3v) is 7.14. The minimum Gasteiger partial charge on any atom is -0.488 e. The maximum Gasteiger partial charge on any atom is 0.127 e. The summed E-state index contributed by atoms with van der Waals surface area (Å²) >= 11 is 0. The largest absolute Gasteiger partial charge is 0.488 e. The summed E-state index contributed by atoms with van der Waals surface area (Å²) in [5, 5.41) is 9.80. The Kier molecular flexibility index (Phi) is 5.82. The number of fused-ring (bicyclic) bond motifs is 1. The Balaban J connectivity index is 1.69. The van der Waals surface area contributed by atoms with Crippen molar-refractivity contribution in [1.29, 1.82) is 0 Å². The van der Waals surface area contributed by atoms with Crippen molar-refractivity contribution in [2.75, 3.05) is 19.7 Å². The lowest BCUT2D eigenvalue weighted by Gasteiger charge is -2.32. The van der Waals surface area contributed by atoms with Crippen LogP contribution >= 0.6 is 0 Å². The van der Waals surface area contributed by atoms with Crippen molar-refractivity contribution in [2.45, 2.75) is 71.6 Å². The summed E-state index contributed by atoms with van der Waals surface area (Å²) < 4.78 is 12.9. The number of nitrogens with zero attached hydrogens (tertiary/aromatic N) is 1. The average Bonchev–Trinajstić information content (AvgIpc) is 3.29. The van der Waals surface area contributed by atoms with Crippen LogP contribution in [0.25, 0.3) is 0 Å². The minimum atomic E-state index is -0.287. The fourth-order valence-corrected chi connectivity index (χ4v) is 5.18. The Bertz CT molecular complexity index is 906. The van der Waals surface area contributed by atoms with Gasteiger partial charge in [0, 0.05) is 24.1 Å². The lowest BCUT2D eigenvalue weighted by molar-refractivity contribution is 0.0768. The standard InChI is InChI=1S/C26H35NO3/c1-17-18(2)25-23(19(3)24(17)29-16-20-10-7-6-8-11-20)22(26(4,5)30-25)14-27-13-9-12-21(27)15-28/h6-8,10-11,21-22,28H,9,12-16H2,1-5H3/t21-,22-/m0/s1. The van der Waals surface area contributed by atoms with E-state index in [0.29, 0.717) is 6.61 Å². The topological polar surface area (TPSA) is 41.9 Å². The number of likely N-dealkylation sites (tertiary alicyclic amines) is 1. The van der Waals surface area contributed by atoms with Crippen LogP contribution in [0.1, 0.15) is 60.4 Å². The molecular formula is C26H35NO3. The minimum absolute atomic E-state index is 0.234. The maximum absolute atomic E-state index is 9.80. The molecule has 2 aromatic carbocycles. The molecule has 2 atom stereocenters. The highest BCUT2D eigenvalue weighted by atomic mass is 16.5. The molecule has 162 valence electrons. The predicted molar refractivity (Wildman–Crippen MR) is 121 cm³/mol. The van der Waals surface area contributed by atoms with Crippen molar-refractivity contribution in [3.8, 4) is 11.5 Å². The lowest BCUT2D eigenvalue weighted by Crippen LogP contribution is -2.42. The second kappa shape index (κ2) is 8.24. The van der Waals surface area contributed by atoms with Gasteiger partial charge in [-0.05, 0) is 76.3 Å². The number of ether oxygens (including phenoxy) is 2. The van der Waals surface area contributed by atoms with Crippen LogP contribution in [0.3, 0.4) is 0 Å². The summed E-state index contributed by atoms with van der Waals surface area (Å²) in [6.45, 7) is 13.6. The van der Waals surface area contributed by atoms with Crippen LogP contribution in [0.4, 0.5) is 0 Å². The Hall–Kier alpha value is -2.04. The van der Waals surface area contributed by atoms with E-state index in [4.69, 9.17) is 9.47 Å². The molecule has 30 heavy (non-hydrogen) atoms. The van der Waals surface area contributed by atoms with Gasteiger partial charge in [0.25, 0.3) is 0 Å². The third kappa shape index (κ3) is 3.72. The van der Waals surface area contributed by atoms with E-state index < -0.39 is 0 Å². The molecule has 2 aromatic rings. The van der Waals surface area contributed by atoms with Gasteiger partial charge >= 0.3 is 0 Å². The van der Waals surface area contributed by atoms with E-state index >= 15 is 0 Å². The van der Waals surface area contributed by atoms with E-state index in [0.717, 1.165) is 43.0 Å². The number of hydrogen-bond donors (Lipinski definition) is 1. The molecule has 4 rings (SSSR count). The fraction of sp³-hybridized carbons (Fsp3) is 0.538. The Morgan fingerprint density at radius 3 is 2.53 bits per heavy atom. The highest BCUT2D eigenvalue weighted by molar-refractivity contribution is 5.62. The average molecular weight is 410 g/mol. The van der Waals surface area contributed by atoms with Crippen molar-refractivity contribution >= 4 is 0 Å². The number of aliphatic hydroxyl groups excluding tert-OH is 1. The highest BCUT2D eigenvalue weighted by Crippen LogP contribution is 2.52. The van der Waals surface area contributed by atoms with Crippen LogP contribution in [0.2, 0.25) is 0 Å². The van der Waals surface area contributed by atoms with Gasteiger partial charge in [0.2, 0.25) is 0 Å². The molecule has 4 heteroatoms. The molecular weight excluding hydrogens is 374 g/mol. The first-order valence-corrected chi connectivity index (χ1v) is 11.2. The molecule has 0 radical (unpaired) electrons. The van der Waals surface area contributed by atoms with Gasteiger partial charge in [-0.15, -0.1) is 0 Å². The summed E-state index contributed by atoms with van der Waals surface area (Å²) in [6, 6.07) is 10.6. The third-order valence-electron chi connectivity index (χ3n) is 7.14. The number of hydrogen-bond acceptors (Lipinski definition) is 4. The maximum atomic E-state index is 9.80. The first-order chi connectivity index (χ1) is 14.3. The molecule has 4 nitrogen and oxygen atoms in total. The van der Waals surface area contributed by atoms with E-state index in [1.165, 1.54) is 22.3 Å². The Morgan fingerprint density at radius 1 is 1.10 bits per heavy atom. The lowest BCUT2D eigenvalue weighted by atomic mass is 9.82. The molecule has 2 aliphatic rings. The van der Waals surface area contributed by atoms with Crippen LogP contribution in [-0.2, 0) is 6.61 Å². The monoisotopic (exact) mass is 409 g/mol. The summed E-state index contributed by atoms with van der Waals surface area (Å²) in [4.78, 5) is 2.45. The van der Waals surface area contributed by atoms with Crippen LogP contribution in [-0.4, -0.2) is 41.3 Å². The van der Waals surface area contributed by atoms with Crippen molar-refractivity contribution < 1.29 is 14.6 Å². The van der Waals surface area contributed by atoms with Gasteiger partial charge in [-0.3, -0.25) is 4.90 Å². The molecule has 1 fully saturated rings. The SMILES string of the molecule is Cc1c(C)c2c(c(C)c1OCc1ccccc1)[C@H](CN1CCC[C@H]1CO)C(C)(C)O2. The Morgan fingerprint density at radius 2 is 1.83 bits per heavy atom. The number of aliphatic hydroxyl groups is 1. The molecule has 0 spiro atoms. The van der Waals surface area contributed by atoms with Gasteiger partial charge in [0.15, 0.2) is 0 Å². The van der Waals surface area contributed by atoms with E-state index in [2.05, 4.69) is 51.7 Å². The summed E-state index contributed by atoms with van der Waals surface area (Å²) in [5.41, 5.74) is 5.70. The molecule has 2 aliphatic heterocycles. The van der Waals surface area contributed by atoms with Crippen molar-refractivity contribution in [3.05, 3.63) is 58.1 Å². The van der Waals surface area contributed by atoms with E-state index in [9.17, 15) is 5.11 Å². The second-order valence-electron chi connectivity index (χ2n) is 9.45. The van der Waals surface area contributed by atoms with Crippen LogP contribution in [0, 0.1) is 20.8 Å². The zero-order valence-electron chi connectivity index (χ0n) is 19.0. The predicted octanol–water partition coefficient (Wildman–Crippen LogP) is 4.90. The number of rotatable bonds is 6. The quantitative estimate of drug-likeness (QED) is 0.737. The van der Waals surface area contributed by atoms with E-state index in [-0.39, 0.29) is 24.2 Å². The first kappa shape index (κ1) is 21.2. The van der Waals surface area contributed by atoms with Crippen LogP contribution in [0.15, 0.2) is 30.3 Å². The second-order valence-corrected chi connectivity index (χ2v) is 9.45. The van der Waals surface area contributed by atoms with Crippen molar-refractivity contribution in [2.24, 2.45) is 0 Å². The van der Waals surface area contributed by atoms with Crippen molar-refractivity contribution in [1.82, 2.24) is 4.90 Å².